The molecule has 97 heavy (non-hydrogen) atoms. The first-order chi connectivity index (χ1) is 48.1. The van der Waals surface area contributed by atoms with E-state index in [0.29, 0.717) is 0 Å². The molecular formula is C88H59N9. The van der Waals surface area contributed by atoms with Crippen LogP contribution in [0.15, 0.2) is 346 Å². The van der Waals surface area contributed by atoms with Crippen molar-refractivity contribution in [1.29, 1.82) is 0 Å². The van der Waals surface area contributed by atoms with Crippen molar-refractivity contribution in [2.45, 2.75) is 6.17 Å². The third-order valence-electron chi connectivity index (χ3n) is 19.8. The number of benzene rings is 13. The van der Waals surface area contributed by atoms with Crippen LogP contribution < -0.4 is 15.1 Å². The average Bonchev–Trinajstić information content (AvgIpc) is 1.54. The van der Waals surface area contributed by atoms with Gasteiger partial charge in [0.1, 0.15) is 23.6 Å². The lowest BCUT2D eigenvalue weighted by Gasteiger charge is -2.29. The van der Waals surface area contributed by atoms with Crippen LogP contribution in [0.25, 0.3) is 132 Å². The summed E-state index contributed by atoms with van der Waals surface area (Å²) in [4.78, 5) is 10.5. The highest BCUT2D eigenvalue weighted by atomic mass is 15.3. The molecule has 19 aromatic rings. The highest BCUT2D eigenvalue weighted by Gasteiger charge is 2.29. The maximum atomic E-state index is 5.81. The largest absolute Gasteiger partial charge is 0.347 e. The van der Waals surface area contributed by atoms with Gasteiger partial charge in [-0.25, -0.2) is 4.98 Å². The van der Waals surface area contributed by atoms with Crippen molar-refractivity contribution in [3.05, 3.63) is 346 Å². The number of anilines is 6. The van der Waals surface area contributed by atoms with Crippen LogP contribution in [-0.2, 0) is 0 Å². The zero-order valence-corrected chi connectivity index (χ0v) is 52.6. The molecule has 456 valence electrons. The van der Waals surface area contributed by atoms with Gasteiger partial charge >= 0.3 is 0 Å². The number of aromatic nitrogens is 6. The van der Waals surface area contributed by atoms with Crippen LogP contribution in [0, 0.1) is 0 Å². The summed E-state index contributed by atoms with van der Waals surface area (Å²) in [6.45, 7) is 0. The summed E-state index contributed by atoms with van der Waals surface area (Å²) < 4.78 is 12.2. The second-order valence-corrected chi connectivity index (χ2v) is 25.2. The first kappa shape index (κ1) is 54.4. The number of fused-ring (bicyclic) bond motifs is 15. The Bertz CT molecular complexity index is 6190. The Kier molecular flexibility index (Phi) is 12.2. The third kappa shape index (κ3) is 8.48. The summed E-state index contributed by atoms with van der Waals surface area (Å²) in [7, 11) is 0. The van der Waals surface area contributed by atoms with Crippen molar-refractivity contribution < 1.29 is 0 Å². The number of hydrogen-bond acceptors (Lipinski definition) is 4. The Morgan fingerprint density at radius 2 is 0.598 bits per heavy atom. The summed E-state index contributed by atoms with van der Waals surface area (Å²) in [5, 5.41) is 15.8. The Balaban J connectivity index is 0.909. The third-order valence-corrected chi connectivity index (χ3v) is 19.8. The minimum absolute atomic E-state index is 0.350. The Morgan fingerprint density at radius 3 is 1.09 bits per heavy atom. The van der Waals surface area contributed by atoms with Gasteiger partial charge in [0, 0.05) is 99.8 Å². The number of pyridine rings is 1. The minimum atomic E-state index is -0.350. The maximum Gasteiger partial charge on any atom is 0.140 e. The van der Waals surface area contributed by atoms with E-state index in [4.69, 9.17) is 4.98 Å². The molecule has 9 nitrogen and oxygen atoms in total. The van der Waals surface area contributed by atoms with Gasteiger partial charge in [-0.15, -0.1) is 0 Å². The van der Waals surface area contributed by atoms with E-state index in [1.54, 1.807) is 0 Å². The Morgan fingerprint density at radius 1 is 0.247 bits per heavy atom. The number of para-hydroxylation sites is 10. The van der Waals surface area contributed by atoms with Gasteiger partial charge in [0.15, 0.2) is 0 Å². The molecule has 0 saturated carbocycles. The summed E-state index contributed by atoms with van der Waals surface area (Å²) in [6, 6.07) is 121. The average molecular weight is 1240 g/mol. The van der Waals surface area contributed by atoms with E-state index >= 15 is 0 Å². The van der Waals surface area contributed by atoms with Crippen LogP contribution in [0.2, 0.25) is 0 Å². The maximum absolute atomic E-state index is 5.81. The van der Waals surface area contributed by atoms with E-state index in [0.717, 1.165) is 134 Å². The highest BCUT2D eigenvalue weighted by molar-refractivity contribution is 6.21. The molecule has 7 heterocycles. The van der Waals surface area contributed by atoms with E-state index < -0.39 is 0 Å². The predicted octanol–water partition coefficient (Wildman–Crippen LogP) is 22.7. The SMILES string of the molecule is C1=C(n2c3ccc(N(c4ccccc4)c4ccccc4)cc3c3cc4c5ccc(N(c6ccccc6)c6ccccc6)cc5n(-c5cccc(-n6c7ccccc7c7ccccc76)n5)c4cc32)C=C(n2c3ccccc3c3ccccc32)NC1n1c2ccccc2c2ccccc21. The summed E-state index contributed by atoms with van der Waals surface area (Å²) >= 11 is 0. The van der Waals surface area contributed by atoms with Crippen molar-refractivity contribution >= 4 is 155 Å². The summed E-state index contributed by atoms with van der Waals surface area (Å²) in [6.07, 6.45) is 4.46. The van der Waals surface area contributed by atoms with Crippen molar-refractivity contribution in [2.24, 2.45) is 0 Å². The van der Waals surface area contributed by atoms with Crippen molar-refractivity contribution in [1.82, 2.24) is 33.1 Å². The molecule has 1 atom stereocenters. The minimum Gasteiger partial charge on any atom is -0.347 e. The van der Waals surface area contributed by atoms with Crippen LogP contribution in [0.4, 0.5) is 34.1 Å². The quantitative estimate of drug-likeness (QED) is 0.140. The second-order valence-electron chi connectivity index (χ2n) is 25.2. The van der Waals surface area contributed by atoms with E-state index in [-0.39, 0.29) is 6.17 Å². The molecular weight excluding hydrogens is 1180 g/mol. The molecule has 0 aliphatic carbocycles. The lowest BCUT2D eigenvalue weighted by molar-refractivity contribution is 0.577. The van der Waals surface area contributed by atoms with Crippen molar-refractivity contribution in [2.75, 3.05) is 9.80 Å². The van der Waals surface area contributed by atoms with Gasteiger partial charge in [-0.1, -0.05) is 194 Å². The molecule has 20 rings (SSSR count). The van der Waals surface area contributed by atoms with Gasteiger partial charge in [0.25, 0.3) is 0 Å². The molecule has 1 unspecified atom stereocenters. The topological polar surface area (TPSA) is 56.0 Å². The molecule has 1 aliphatic heterocycles. The summed E-state index contributed by atoms with van der Waals surface area (Å²) in [5.74, 6) is 2.59. The standard InChI is InChI=1S/C88H59N9/c1-5-26-58(27-6-1)91(59-28-7-2-8-29-59)62-49-51-81-72(52-62)74-56-73-71-50-48-63(92(60-30-9-3-10-31-60)61-32-11-4-12-33-61)53-82(71)97(86-47-25-46-85(89-86)94-75-40-19-13-34-65(75)66-35-14-20-41-76(66)94)84(73)57-83(74)93(81)64-54-87(95-77-42-21-15-36-67(77)68-37-16-22-43-78(68)95)90-88(55-64)96-79-44-23-17-38-69(79)70-39-18-24-45-80(70)96/h1-57,87,90H. The number of rotatable bonds is 11. The lowest BCUT2D eigenvalue weighted by Crippen LogP contribution is -2.29. The van der Waals surface area contributed by atoms with Gasteiger partial charge in [0.05, 0.1) is 55.2 Å². The van der Waals surface area contributed by atoms with Gasteiger partial charge < -0.3 is 24.3 Å². The molecule has 6 aromatic heterocycles. The van der Waals surface area contributed by atoms with E-state index in [2.05, 4.69) is 384 Å². The summed E-state index contributed by atoms with van der Waals surface area (Å²) in [5.41, 5.74) is 18.3. The normalized spacial score (nSPS) is 13.5. The van der Waals surface area contributed by atoms with Gasteiger partial charge in [-0.05, 0) is 146 Å². The van der Waals surface area contributed by atoms with Gasteiger partial charge in [-0.2, -0.15) is 0 Å². The zero-order chi connectivity index (χ0) is 63.7. The highest BCUT2D eigenvalue weighted by Crippen LogP contribution is 2.47. The molecule has 1 aliphatic rings. The van der Waals surface area contributed by atoms with Crippen LogP contribution in [-0.4, -0.2) is 27.8 Å². The molecule has 0 radical (unpaired) electrons. The number of nitrogens with one attached hydrogen (secondary N) is 1. The van der Waals surface area contributed by atoms with Gasteiger partial charge in [-0.3, -0.25) is 13.7 Å². The monoisotopic (exact) mass is 1240 g/mol. The lowest BCUT2D eigenvalue weighted by atomic mass is 10.1. The number of allylic oxidation sites excluding steroid dienone is 2. The van der Waals surface area contributed by atoms with Crippen LogP contribution >= 0.6 is 0 Å². The molecule has 13 aromatic carbocycles. The number of hydrogen-bond donors (Lipinski definition) is 1. The molecule has 0 saturated heterocycles. The predicted molar refractivity (Wildman–Crippen MR) is 405 cm³/mol. The first-order valence-electron chi connectivity index (χ1n) is 33.1. The van der Waals surface area contributed by atoms with E-state index in [1.807, 2.05) is 0 Å². The molecule has 9 heteroatoms. The van der Waals surface area contributed by atoms with Crippen molar-refractivity contribution in [3.8, 4) is 11.6 Å². The fourth-order valence-electron chi connectivity index (χ4n) is 15.8. The number of nitrogens with zero attached hydrogens (tertiary/aromatic N) is 8. The van der Waals surface area contributed by atoms with E-state index in [1.165, 1.54) is 32.3 Å². The zero-order valence-electron chi connectivity index (χ0n) is 52.6. The van der Waals surface area contributed by atoms with E-state index in [9.17, 15) is 0 Å². The molecule has 1 N–H and O–H groups in total. The molecule has 0 spiro atoms. The van der Waals surface area contributed by atoms with Crippen LogP contribution in [0.3, 0.4) is 0 Å². The van der Waals surface area contributed by atoms with Gasteiger partial charge in [0.2, 0.25) is 0 Å². The molecule has 0 bridgehead atoms. The molecule has 0 fully saturated rings. The molecule has 0 amide bonds. The second kappa shape index (κ2) is 21.7. The number of dihydropyridines is 1. The Hall–Kier alpha value is -13.1. The smallest absolute Gasteiger partial charge is 0.140 e. The van der Waals surface area contributed by atoms with Crippen LogP contribution in [0.5, 0.6) is 0 Å². The fraction of sp³-hybridized carbons (Fsp3) is 0.0114. The Labute approximate surface area is 558 Å². The van der Waals surface area contributed by atoms with Crippen molar-refractivity contribution in [3.63, 3.8) is 0 Å². The fourth-order valence-corrected chi connectivity index (χ4v) is 15.8. The first-order valence-corrected chi connectivity index (χ1v) is 33.1. The van der Waals surface area contributed by atoms with Crippen LogP contribution in [0.1, 0.15) is 6.17 Å².